The van der Waals surface area contributed by atoms with Crippen molar-refractivity contribution < 1.29 is 18.3 Å². The molecule has 0 aromatic rings. The number of aliphatic hydroxyl groups excluding tert-OH is 1. The molecule has 0 fully saturated rings. The third kappa shape index (κ3) is 5.84. The lowest BCUT2D eigenvalue weighted by molar-refractivity contribution is 0.368. The summed E-state index contributed by atoms with van der Waals surface area (Å²) < 4.78 is 34.7. The van der Waals surface area contributed by atoms with Gasteiger partial charge in [0, 0.05) is 12.8 Å². The second-order valence-electron chi connectivity index (χ2n) is 1.91. The molecule has 0 unspecified atom stereocenters. The molecule has 11 heavy (non-hydrogen) atoms. The molecule has 1 N–H and O–H groups in total. The maximum Gasteiger partial charge on any atom is 0.301 e. The Bertz CT molecular complexity index is 175. The van der Waals surface area contributed by atoms with E-state index in [0.717, 1.165) is 0 Å². The summed E-state index contributed by atoms with van der Waals surface area (Å²) in [6, 6.07) is 0. The molecule has 0 radical (unpaired) electrons. The zero-order chi connectivity index (χ0) is 8.85. The minimum atomic E-state index is -2.30. The summed E-state index contributed by atoms with van der Waals surface area (Å²) in [6.45, 7) is 0. The fraction of sp³-hybridized carbons (Fsp3) is 0.500. The molecule has 0 rings (SSSR count). The Labute approximate surface area is 67.5 Å². The molecule has 0 aliphatic rings. The summed E-state index contributed by atoms with van der Waals surface area (Å²) in [7, 11) is 0. The molecule has 0 spiro atoms. The van der Waals surface area contributed by atoms with Gasteiger partial charge in [0.2, 0.25) is 0 Å². The highest BCUT2D eigenvalue weighted by Gasteiger charge is 2.04. The first kappa shape index (κ1) is 10.4. The van der Waals surface area contributed by atoms with Crippen molar-refractivity contribution in [1.29, 1.82) is 0 Å². The second-order valence-corrected chi connectivity index (χ2v) is 2.38. The highest BCUT2D eigenvalue weighted by Crippen LogP contribution is 2.15. The van der Waals surface area contributed by atoms with Gasteiger partial charge in [-0.15, -0.1) is 0 Å². The van der Waals surface area contributed by atoms with Crippen molar-refractivity contribution in [2.24, 2.45) is 0 Å². The first-order valence-electron chi connectivity index (χ1n) is 2.95. The van der Waals surface area contributed by atoms with Crippen LogP contribution in [0.5, 0.6) is 0 Å². The molecular formula is C6H7F3OS. The molecule has 0 bridgehead atoms. The maximum absolute atomic E-state index is 12.0. The standard InChI is InChI=1S/C6H7F3OS/c7-4(6(8)9)2-1-3-5(10)11/h1-3H2,(H,10,11). The van der Waals surface area contributed by atoms with Crippen LogP contribution in [0.2, 0.25) is 0 Å². The molecule has 1 nitrogen and oxygen atoms in total. The van der Waals surface area contributed by atoms with Crippen LogP contribution in [0.1, 0.15) is 19.3 Å². The molecular weight excluding hydrogens is 177 g/mol. The van der Waals surface area contributed by atoms with Gasteiger partial charge in [-0.25, -0.2) is 4.39 Å². The van der Waals surface area contributed by atoms with Gasteiger partial charge in [0.05, 0.1) is 0 Å². The van der Waals surface area contributed by atoms with E-state index in [4.69, 9.17) is 5.11 Å². The van der Waals surface area contributed by atoms with Crippen molar-refractivity contribution in [2.45, 2.75) is 19.3 Å². The molecule has 0 aromatic carbocycles. The summed E-state index contributed by atoms with van der Waals surface area (Å²) in [5, 5.41) is 8.13. The Kier molecular flexibility index (Phi) is 4.85. The average Bonchev–Trinajstić information content (AvgIpc) is 1.86. The first-order valence-corrected chi connectivity index (χ1v) is 3.36. The molecule has 0 amide bonds. The van der Waals surface area contributed by atoms with E-state index in [2.05, 4.69) is 12.2 Å². The van der Waals surface area contributed by atoms with Crippen molar-refractivity contribution in [3.8, 4) is 0 Å². The number of allylic oxidation sites excluding steroid dienone is 1. The van der Waals surface area contributed by atoms with E-state index in [9.17, 15) is 13.2 Å². The van der Waals surface area contributed by atoms with Crippen LogP contribution >= 0.6 is 12.2 Å². The number of thiocarbonyl (C=S) groups is 1. The maximum atomic E-state index is 12.0. The second kappa shape index (κ2) is 5.12. The minimum absolute atomic E-state index is 0.0794. The van der Waals surface area contributed by atoms with E-state index < -0.39 is 11.9 Å². The minimum Gasteiger partial charge on any atom is -0.502 e. The van der Waals surface area contributed by atoms with Crippen LogP contribution < -0.4 is 0 Å². The first-order chi connectivity index (χ1) is 5.04. The third-order valence-electron chi connectivity index (χ3n) is 0.992. The molecule has 0 saturated carbocycles. The fourth-order valence-corrected chi connectivity index (χ4v) is 0.634. The average molecular weight is 184 g/mol. The van der Waals surface area contributed by atoms with Gasteiger partial charge in [-0.1, -0.05) is 0 Å². The van der Waals surface area contributed by atoms with Crippen LogP contribution in [0.25, 0.3) is 0 Å². The molecule has 5 heteroatoms. The van der Waals surface area contributed by atoms with Crippen LogP contribution in [0.3, 0.4) is 0 Å². The van der Waals surface area contributed by atoms with Crippen LogP contribution in [0, 0.1) is 0 Å². The van der Waals surface area contributed by atoms with Gasteiger partial charge < -0.3 is 5.11 Å². The van der Waals surface area contributed by atoms with Gasteiger partial charge in [-0.2, -0.15) is 8.78 Å². The van der Waals surface area contributed by atoms with E-state index >= 15 is 0 Å². The number of halogens is 3. The number of rotatable bonds is 4. The molecule has 64 valence electrons. The molecule has 0 heterocycles. The number of hydrogen-bond donors (Lipinski definition) is 1. The van der Waals surface area contributed by atoms with E-state index in [1.807, 2.05) is 0 Å². The molecule has 0 aliphatic carbocycles. The van der Waals surface area contributed by atoms with Crippen molar-refractivity contribution in [3.05, 3.63) is 11.9 Å². The Morgan fingerprint density at radius 1 is 1.18 bits per heavy atom. The van der Waals surface area contributed by atoms with Gasteiger partial charge in [-0.3, -0.25) is 0 Å². The fourth-order valence-electron chi connectivity index (χ4n) is 0.489. The highest BCUT2D eigenvalue weighted by molar-refractivity contribution is 7.80. The third-order valence-corrected chi connectivity index (χ3v) is 1.20. The largest absolute Gasteiger partial charge is 0.502 e. The monoisotopic (exact) mass is 184 g/mol. The highest BCUT2D eigenvalue weighted by atomic mass is 32.1. The van der Waals surface area contributed by atoms with Crippen LogP contribution in [-0.4, -0.2) is 10.2 Å². The molecule has 0 aliphatic heterocycles. The van der Waals surface area contributed by atoms with E-state index in [0.29, 0.717) is 0 Å². The predicted molar refractivity (Wildman–Crippen MR) is 39.4 cm³/mol. The zero-order valence-corrected chi connectivity index (χ0v) is 6.43. The SMILES string of the molecule is OC(=S)CCCC(F)=C(F)F. The van der Waals surface area contributed by atoms with Gasteiger partial charge >= 0.3 is 6.08 Å². The Morgan fingerprint density at radius 2 is 1.73 bits per heavy atom. The van der Waals surface area contributed by atoms with Gasteiger partial charge in [0.25, 0.3) is 0 Å². The lowest BCUT2D eigenvalue weighted by atomic mass is 10.2. The summed E-state index contributed by atoms with van der Waals surface area (Å²) in [5.74, 6) is -1.43. The van der Waals surface area contributed by atoms with E-state index in [-0.39, 0.29) is 24.3 Å². The van der Waals surface area contributed by atoms with Gasteiger partial charge in [-0.05, 0) is 18.6 Å². The zero-order valence-electron chi connectivity index (χ0n) is 5.61. The van der Waals surface area contributed by atoms with Crippen molar-refractivity contribution in [1.82, 2.24) is 0 Å². The molecule has 0 aromatic heterocycles. The molecule has 0 atom stereocenters. The number of aliphatic hydroxyl groups is 1. The van der Waals surface area contributed by atoms with Crippen LogP contribution in [0.15, 0.2) is 11.9 Å². The number of hydrogen-bond acceptors (Lipinski definition) is 1. The van der Waals surface area contributed by atoms with Crippen LogP contribution in [0.4, 0.5) is 13.2 Å². The summed E-state index contributed by atoms with van der Waals surface area (Å²) in [6.07, 6.45) is -2.48. The van der Waals surface area contributed by atoms with Crippen molar-refractivity contribution >= 4 is 17.3 Å². The topological polar surface area (TPSA) is 20.2 Å². The van der Waals surface area contributed by atoms with Gasteiger partial charge in [0.1, 0.15) is 0 Å². The molecule has 0 saturated heterocycles. The lowest BCUT2D eigenvalue weighted by Crippen LogP contribution is -1.90. The predicted octanol–water partition coefficient (Wildman–Crippen LogP) is 3.12. The van der Waals surface area contributed by atoms with E-state index in [1.165, 1.54) is 0 Å². The van der Waals surface area contributed by atoms with Crippen molar-refractivity contribution in [2.75, 3.05) is 0 Å². The van der Waals surface area contributed by atoms with Gasteiger partial charge in [0.15, 0.2) is 10.9 Å². The Balaban J connectivity index is 3.56. The summed E-state index contributed by atoms with van der Waals surface area (Å²) >= 11 is 4.24. The Morgan fingerprint density at radius 3 is 2.09 bits per heavy atom. The normalized spacial score (nSPS) is 9.36. The quantitative estimate of drug-likeness (QED) is 0.677. The van der Waals surface area contributed by atoms with Crippen LogP contribution in [-0.2, 0) is 0 Å². The smallest absolute Gasteiger partial charge is 0.301 e. The Hall–Kier alpha value is -0.580. The van der Waals surface area contributed by atoms with E-state index in [1.54, 1.807) is 0 Å². The summed E-state index contributed by atoms with van der Waals surface area (Å²) in [5.41, 5.74) is 0. The summed E-state index contributed by atoms with van der Waals surface area (Å²) in [4.78, 5) is 0. The van der Waals surface area contributed by atoms with Crippen molar-refractivity contribution in [3.63, 3.8) is 0 Å². The lowest BCUT2D eigenvalue weighted by Gasteiger charge is -1.94.